The number of halogens is 1. The van der Waals surface area contributed by atoms with Crippen LogP contribution in [0.15, 0.2) is 48.7 Å². The molecule has 4 aliphatic rings. The quantitative estimate of drug-likeness (QED) is 0.371. The number of aromatic amines is 1. The lowest BCUT2D eigenvalue weighted by molar-refractivity contribution is -0.150. The molecule has 1 aromatic heterocycles. The minimum Gasteiger partial charge on any atom is -0.367 e. The Hall–Kier alpha value is -4.79. The fourth-order valence-corrected chi connectivity index (χ4v) is 6.94. The largest absolute Gasteiger partial charge is 0.367 e. The van der Waals surface area contributed by atoms with Crippen LogP contribution in [0.2, 0.25) is 0 Å². The standard InChI is InChI=1S/C32H32FN7O6/c1-46-27(18-5-3-2-4-6-18)32(45)39-17-22-21(15-34-36-22)29(39)38-13-11-37(12-14-38)16-19-7-8-20-25(26(19)33)31(44)40(30(20)43)23-9-10-24(41)35-28(23)42/h2-8,15,23,27,29H,9-14,16-17H2,1H3,(H,34,36)(H,35,41,42)/t23?,27-,29?/m1/s1. The van der Waals surface area contributed by atoms with Gasteiger partial charge in [-0.05, 0) is 18.1 Å². The highest BCUT2D eigenvalue weighted by Crippen LogP contribution is 2.38. The highest BCUT2D eigenvalue weighted by atomic mass is 19.1. The number of piperazine rings is 1. The van der Waals surface area contributed by atoms with E-state index in [1.165, 1.54) is 19.2 Å². The number of methoxy groups -OCH3 is 1. The summed E-state index contributed by atoms with van der Waals surface area (Å²) in [5, 5.41) is 9.36. The third kappa shape index (κ3) is 4.98. The molecule has 14 heteroatoms. The van der Waals surface area contributed by atoms with E-state index < -0.39 is 41.6 Å². The van der Waals surface area contributed by atoms with E-state index in [1.807, 2.05) is 30.3 Å². The minimum atomic E-state index is -1.16. The number of nitrogens with one attached hydrogen (secondary N) is 2. The number of ether oxygens (including phenoxy) is 1. The predicted molar refractivity (Wildman–Crippen MR) is 158 cm³/mol. The molecular weight excluding hydrogens is 597 g/mol. The average Bonchev–Trinajstić information content (AvgIpc) is 3.72. The normalized spacial score (nSPS) is 22.7. The highest BCUT2D eigenvalue weighted by molar-refractivity contribution is 6.23. The monoisotopic (exact) mass is 629 g/mol. The Morgan fingerprint density at radius 1 is 1.04 bits per heavy atom. The van der Waals surface area contributed by atoms with Gasteiger partial charge in [0.15, 0.2) is 6.10 Å². The number of rotatable bonds is 7. The molecule has 2 N–H and O–H groups in total. The smallest absolute Gasteiger partial charge is 0.265 e. The Balaban J connectivity index is 1.05. The number of imide groups is 2. The molecule has 2 unspecified atom stereocenters. The van der Waals surface area contributed by atoms with E-state index in [1.54, 1.807) is 11.1 Å². The summed E-state index contributed by atoms with van der Waals surface area (Å²) in [6.07, 6.45) is 0.629. The molecule has 5 amide bonds. The van der Waals surface area contributed by atoms with Crippen LogP contribution in [0.5, 0.6) is 0 Å². The van der Waals surface area contributed by atoms with Crippen LogP contribution in [0.1, 0.15) is 68.2 Å². The van der Waals surface area contributed by atoms with Crippen LogP contribution in [0, 0.1) is 5.82 Å². The van der Waals surface area contributed by atoms with Gasteiger partial charge >= 0.3 is 0 Å². The molecule has 5 heterocycles. The molecule has 238 valence electrons. The van der Waals surface area contributed by atoms with Gasteiger partial charge in [-0.3, -0.25) is 49.1 Å². The van der Waals surface area contributed by atoms with Crippen LogP contribution in [0.3, 0.4) is 0 Å². The third-order valence-electron chi connectivity index (χ3n) is 9.27. The Labute approximate surface area is 263 Å². The van der Waals surface area contributed by atoms with Gasteiger partial charge in [-0.1, -0.05) is 36.4 Å². The Bertz CT molecular complexity index is 1740. The van der Waals surface area contributed by atoms with Crippen LogP contribution < -0.4 is 5.32 Å². The van der Waals surface area contributed by atoms with Crippen molar-refractivity contribution in [1.82, 2.24) is 35.1 Å². The van der Waals surface area contributed by atoms with Crippen LogP contribution >= 0.6 is 0 Å². The molecular formula is C32H32FN7O6. The van der Waals surface area contributed by atoms with Gasteiger partial charge in [0.1, 0.15) is 18.0 Å². The van der Waals surface area contributed by atoms with Gasteiger partial charge in [0, 0.05) is 57.4 Å². The van der Waals surface area contributed by atoms with E-state index in [2.05, 4.69) is 25.3 Å². The van der Waals surface area contributed by atoms with Gasteiger partial charge in [0.05, 0.1) is 29.6 Å². The van der Waals surface area contributed by atoms with Gasteiger partial charge < -0.3 is 9.64 Å². The van der Waals surface area contributed by atoms with Crippen molar-refractivity contribution in [3.63, 3.8) is 0 Å². The molecule has 0 spiro atoms. The number of hydrogen-bond acceptors (Lipinski definition) is 9. The van der Waals surface area contributed by atoms with E-state index in [-0.39, 0.29) is 48.1 Å². The number of amides is 5. The van der Waals surface area contributed by atoms with E-state index in [0.29, 0.717) is 32.7 Å². The Morgan fingerprint density at radius 3 is 2.52 bits per heavy atom. The van der Waals surface area contributed by atoms with Crippen molar-refractivity contribution in [2.75, 3.05) is 33.3 Å². The summed E-state index contributed by atoms with van der Waals surface area (Å²) in [5.74, 6) is -3.77. The molecule has 7 rings (SSSR count). The molecule has 0 bridgehead atoms. The number of fused-ring (bicyclic) bond motifs is 2. The number of hydrogen-bond donors (Lipinski definition) is 2. The zero-order chi connectivity index (χ0) is 32.1. The maximum absolute atomic E-state index is 15.8. The first kappa shape index (κ1) is 29.9. The van der Waals surface area contributed by atoms with Crippen molar-refractivity contribution in [3.8, 4) is 0 Å². The number of carbonyl (C=O) groups is 5. The molecule has 3 atom stereocenters. The Morgan fingerprint density at radius 2 is 1.80 bits per heavy atom. The maximum Gasteiger partial charge on any atom is 0.265 e. The van der Waals surface area contributed by atoms with Crippen LogP contribution in [0.4, 0.5) is 4.39 Å². The second-order valence-corrected chi connectivity index (χ2v) is 11.9. The number of nitrogens with zero attached hydrogens (tertiary/aromatic N) is 5. The molecule has 0 aliphatic carbocycles. The van der Waals surface area contributed by atoms with E-state index in [9.17, 15) is 24.0 Å². The summed E-state index contributed by atoms with van der Waals surface area (Å²) in [4.78, 5) is 70.9. The molecule has 2 saturated heterocycles. The van der Waals surface area contributed by atoms with Crippen LogP contribution in [-0.2, 0) is 32.2 Å². The molecule has 4 aliphatic heterocycles. The predicted octanol–water partition coefficient (Wildman–Crippen LogP) is 1.50. The summed E-state index contributed by atoms with van der Waals surface area (Å²) < 4.78 is 21.5. The van der Waals surface area contributed by atoms with Gasteiger partial charge in [-0.15, -0.1) is 0 Å². The summed E-state index contributed by atoms with van der Waals surface area (Å²) in [6, 6.07) is 11.1. The molecule has 0 radical (unpaired) electrons. The SMILES string of the molecule is CO[C@@H](C(=O)N1Cc2[nH]ncc2C1N1CCN(Cc2ccc3c(c2F)C(=O)N(C2CCC(=O)NC2=O)C3=O)CC1)c1ccccc1. The highest BCUT2D eigenvalue weighted by Gasteiger charge is 2.47. The first-order chi connectivity index (χ1) is 22.3. The number of aromatic nitrogens is 2. The van der Waals surface area contributed by atoms with E-state index >= 15 is 4.39 Å². The van der Waals surface area contributed by atoms with Crippen molar-refractivity contribution in [3.05, 3.63) is 88.0 Å². The fourth-order valence-electron chi connectivity index (χ4n) is 6.94. The average molecular weight is 630 g/mol. The first-order valence-corrected chi connectivity index (χ1v) is 15.2. The molecule has 2 fully saturated rings. The fraction of sp³-hybridized carbons (Fsp3) is 0.375. The first-order valence-electron chi connectivity index (χ1n) is 15.2. The van der Waals surface area contributed by atoms with E-state index in [4.69, 9.17) is 4.74 Å². The maximum atomic E-state index is 15.8. The summed E-state index contributed by atoms with van der Waals surface area (Å²) in [6.45, 7) is 2.85. The third-order valence-corrected chi connectivity index (χ3v) is 9.27. The number of benzene rings is 2. The van der Waals surface area contributed by atoms with Crippen molar-refractivity contribution in [2.45, 2.75) is 44.2 Å². The molecule has 0 saturated carbocycles. The zero-order valence-corrected chi connectivity index (χ0v) is 25.1. The van der Waals surface area contributed by atoms with Gasteiger partial charge in [0.25, 0.3) is 17.7 Å². The molecule has 2 aromatic carbocycles. The summed E-state index contributed by atoms with van der Waals surface area (Å²) >= 11 is 0. The van der Waals surface area contributed by atoms with Gasteiger partial charge in [-0.2, -0.15) is 5.10 Å². The van der Waals surface area contributed by atoms with Crippen molar-refractivity contribution >= 4 is 29.5 Å². The van der Waals surface area contributed by atoms with Crippen molar-refractivity contribution in [1.29, 1.82) is 0 Å². The number of piperidine rings is 1. The lowest BCUT2D eigenvalue weighted by Gasteiger charge is -2.41. The molecule has 13 nitrogen and oxygen atoms in total. The lowest BCUT2D eigenvalue weighted by atomic mass is 10.0. The Kier molecular flexibility index (Phi) is 7.71. The summed E-state index contributed by atoms with van der Waals surface area (Å²) in [7, 11) is 1.52. The topological polar surface area (TPSA) is 148 Å². The van der Waals surface area contributed by atoms with Crippen molar-refractivity contribution in [2.24, 2.45) is 0 Å². The van der Waals surface area contributed by atoms with Crippen LogP contribution in [0.25, 0.3) is 0 Å². The second-order valence-electron chi connectivity index (χ2n) is 11.9. The lowest BCUT2D eigenvalue weighted by Crippen LogP contribution is -2.54. The van der Waals surface area contributed by atoms with Crippen molar-refractivity contribution < 1.29 is 33.1 Å². The molecule has 3 aromatic rings. The number of H-pyrrole nitrogens is 1. The van der Waals surface area contributed by atoms with Gasteiger partial charge in [-0.25, -0.2) is 4.39 Å². The number of carbonyl (C=O) groups excluding carboxylic acids is 5. The minimum absolute atomic E-state index is 0.00238. The van der Waals surface area contributed by atoms with E-state index in [0.717, 1.165) is 21.7 Å². The van der Waals surface area contributed by atoms with Gasteiger partial charge in [0.2, 0.25) is 11.8 Å². The van der Waals surface area contributed by atoms with Crippen LogP contribution in [-0.4, -0.2) is 98.7 Å². The molecule has 46 heavy (non-hydrogen) atoms. The summed E-state index contributed by atoms with van der Waals surface area (Å²) in [5.41, 5.74) is 2.40. The second kappa shape index (κ2) is 11.9. The zero-order valence-electron chi connectivity index (χ0n) is 25.1.